The molecule has 3 aliphatic rings. The van der Waals surface area contributed by atoms with E-state index in [9.17, 15) is 4.79 Å². The van der Waals surface area contributed by atoms with E-state index in [4.69, 9.17) is 4.74 Å². The molecule has 3 fully saturated rings. The number of fused-ring (bicyclic) bond motifs is 1. The van der Waals surface area contributed by atoms with E-state index in [-0.39, 0.29) is 5.92 Å². The van der Waals surface area contributed by atoms with E-state index in [0.717, 1.165) is 13.0 Å². The number of amides is 1. The Labute approximate surface area is 110 Å². The highest BCUT2D eigenvalue weighted by Crippen LogP contribution is 2.57. The molecule has 102 valence electrons. The molecule has 5 unspecified atom stereocenters. The van der Waals surface area contributed by atoms with Crippen LogP contribution in [0.25, 0.3) is 0 Å². The molecule has 0 aromatic carbocycles. The van der Waals surface area contributed by atoms with Crippen molar-refractivity contribution in [2.75, 3.05) is 6.61 Å². The molecule has 2 aliphatic carbocycles. The van der Waals surface area contributed by atoms with Crippen molar-refractivity contribution in [1.82, 2.24) is 4.90 Å². The first kappa shape index (κ1) is 12.5. The Hall–Kier alpha value is -0.570. The molecule has 0 N–H and O–H groups in total. The van der Waals surface area contributed by atoms with Crippen LogP contribution in [-0.2, 0) is 9.53 Å². The second-order valence-electron chi connectivity index (χ2n) is 6.89. The topological polar surface area (TPSA) is 29.5 Å². The first-order chi connectivity index (χ1) is 8.50. The van der Waals surface area contributed by atoms with Crippen molar-refractivity contribution in [3.05, 3.63) is 0 Å². The van der Waals surface area contributed by atoms with Gasteiger partial charge in [-0.25, -0.2) is 0 Å². The van der Waals surface area contributed by atoms with Gasteiger partial charge in [0.2, 0.25) is 5.91 Å². The summed E-state index contributed by atoms with van der Waals surface area (Å²) in [7, 11) is 0. The lowest BCUT2D eigenvalue weighted by atomic mass is 9.79. The normalized spacial score (nSPS) is 41.1. The maximum atomic E-state index is 12.9. The van der Waals surface area contributed by atoms with Gasteiger partial charge in [0.25, 0.3) is 0 Å². The van der Waals surface area contributed by atoms with E-state index in [2.05, 4.69) is 32.6 Å². The lowest BCUT2D eigenvalue weighted by Gasteiger charge is -2.36. The molecule has 1 heterocycles. The third-order valence-electron chi connectivity index (χ3n) is 5.26. The highest BCUT2D eigenvalue weighted by atomic mass is 16.5. The Kier molecular flexibility index (Phi) is 2.92. The van der Waals surface area contributed by atoms with Gasteiger partial charge >= 0.3 is 0 Å². The van der Waals surface area contributed by atoms with E-state index < -0.39 is 0 Å². The monoisotopic (exact) mass is 251 g/mol. The first-order valence-corrected chi connectivity index (χ1v) is 7.44. The molecule has 0 aromatic heterocycles. The molecule has 3 nitrogen and oxygen atoms in total. The standard InChI is InChI=1S/C15H25NO2/c1-8(2)16(9(3)4)15(17)14-10-5-11-12(14)7-18-13(11)6-10/h8-14H,5-7H2,1-4H3. The number of carbonyl (C=O) groups is 1. The van der Waals surface area contributed by atoms with Crippen LogP contribution in [0.4, 0.5) is 0 Å². The van der Waals surface area contributed by atoms with Gasteiger partial charge in [0.1, 0.15) is 0 Å². The number of nitrogens with zero attached hydrogens (tertiary/aromatic N) is 1. The van der Waals surface area contributed by atoms with Crippen LogP contribution >= 0.6 is 0 Å². The zero-order valence-corrected chi connectivity index (χ0v) is 11.9. The largest absolute Gasteiger partial charge is 0.378 e. The molecule has 2 bridgehead atoms. The minimum Gasteiger partial charge on any atom is -0.378 e. The fraction of sp³-hybridized carbons (Fsp3) is 0.933. The van der Waals surface area contributed by atoms with Gasteiger partial charge in [-0.2, -0.15) is 0 Å². The molecule has 18 heavy (non-hydrogen) atoms. The third kappa shape index (κ3) is 1.63. The van der Waals surface area contributed by atoms with Gasteiger partial charge in [-0.05, 0) is 58.3 Å². The predicted molar refractivity (Wildman–Crippen MR) is 70.1 cm³/mol. The first-order valence-electron chi connectivity index (χ1n) is 7.44. The van der Waals surface area contributed by atoms with Crippen molar-refractivity contribution < 1.29 is 9.53 Å². The minimum absolute atomic E-state index is 0.249. The lowest BCUT2D eigenvalue weighted by molar-refractivity contribution is -0.142. The van der Waals surface area contributed by atoms with Gasteiger partial charge in [-0.1, -0.05) is 0 Å². The predicted octanol–water partition coefficient (Wildman–Crippen LogP) is 2.30. The molecule has 3 heteroatoms. The highest BCUT2D eigenvalue weighted by Gasteiger charge is 2.59. The van der Waals surface area contributed by atoms with Crippen LogP contribution in [0.5, 0.6) is 0 Å². The van der Waals surface area contributed by atoms with E-state index in [1.807, 2.05) is 0 Å². The van der Waals surface area contributed by atoms with Crippen LogP contribution in [0.1, 0.15) is 40.5 Å². The van der Waals surface area contributed by atoms with Gasteiger partial charge in [-0.15, -0.1) is 0 Å². The summed E-state index contributed by atoms with van der Waals surface area (Å²) in [5.41, 5.74) is 0. The van der Waals surface area contributed by atoms with E-state index in [0.29, 0.717) is 41.8 Å². The van der Waals surface area contributed by atoms with Crippen molar-refractivity contribution in [1.29, 1.82) is 0 Å². The smallest absolute Gasteiger partial charge is 0.226 e. The van der Waals surface area contributed by atoms with Gasteiger partial charge < -0.3 is 9.64 Å². The fourth-order valence-electron chi connectivity index (χ4n) is 4.75. The maximum absolute atomic E-state index is 12.9. The summed E-state index contributed by atoms with van der Waals surface area (Å²) in [6.07, 6.45) is 2.84. The molecule has 0 radical (unpaired) electrons. The third-order valence-corrected chi connectivity index (χ3v) is 5.26. The molecular weight excluding hydrogens is 226 g/mol. The molecule has 0 aromatic rings. The molecule has 2 saturated carbocycles. The van der Waals surface area contributed by atoms with Crippen molar-refractivity contribution in [2.45, 2.75) is 58.7 Å². The van der Waals surface area contributed by atoms with Gasteiger partial charge in [0.15, 0.2) is 0 Å². The van der Waals surface area contributed by atoms with Crippen LogP contribution in [0.15, 0.2) is 0 Å². The zero-order valence-electron chi connectivity index (χ0n) is 11.9. The summed E-state index contributed by atoms with van der Waals surface area (Å²) in [6, 6.07) is 0.601. The SMILES string of the molecule is CC(C)N(C(=O)C1C2CC3OCC1C3C2)C(C)C. The summed E-state index contributed by atoms with van der Waals surface area (Å²) in [5.74, 6) is 2.44. The van der Waals surface area contributed by atoms with Crippen LogP contribution in [-0.4, -0.2) is 35.6 Å². The molecular formula is C15H25NO2. The number of ether oxygens (including phenoxy) is 1. The fourth-order valence-corrected chi connectivity index (χ4v) is 4.75. The lowest BCUT2D eigenvalue weighted by Crippen LogP contribution is -2.48. The van der Waals surface area contributed by atoms with E-state index in [1.54, 1.807) is 0 Å². The van der Waals surface area contributed by atoms with Gasteiger partial charge in [0.05, 0.1) is 12.7 Å². The average molecular weight is 251 g/mol. The molecule has 0 spiro atoms. The van der Waals surface area contributed by atoms with Gasteiger partial charge in [-0.3, -0.25) is 4.79 Å². The maximum Gasteiger partial charge on any atom is 0.226 e. The van der Waals surface area contributed by atoms with Crippen molar-refractivity contribution >= 4 is 5.91 Å². The minimum atomic E-state index is 0.249. The van der Waals surface area contributed by atoms with E-state index in [1.165, 1.54) is 6.42 Å². The molecule has 3 rings (SSSR count). The van der Waals surface area contributed by atoms with Crippen LogP contribution < -0.4 is 0 Å². The Morgan fingerprint density at radius 3 is 2.39 bits per heavy atom. The zero-order chi connectivity index (χ0) is 13.0. The highest BCUT2D eigenvalue weighted by molar-refractivity contribution is 5.81. The Morgan fingerprint density at radius 1 is 1.11 bits per heavy atom. The molecule has 5 atom stereocenters. The van der Waals surface area contributed by atoms with Crippen LogP contribution in [0.2, 0.25) is 0 Å². The van der Waals surface area contributed by atoms with Crippen LogP contribution in [0, 0.1) is 23.7 Å². The molecule has 1 saturated heterocycles. The number of carbonyl (C=O) groups excluding carboxylic acids is 1. The quantitative estimate of drug-likeness (QED) is 0.770. The average Bonchev–Trinajstić information content (AvgIpc) is 2.84. The van der Waals surface area contributed by atoms with Gasteiger partial charge in [0, 0.05) is 18.0 Å². The second kappa shape index (κ2) is 4.22. The molecule has 1 amide bonds. The van der Waals surface area contributed by atoms with Crippen molar-refractivity contribution in [3.8, 4) is 0 Å². The van der Waals surface area contributed by atoms with E-state index >= 15 is 0 Å². The second-order valence-corrected chi connectivity index (χ2v) is 6.89. The summed E-state index contributed by atoms with van der Waals surface area (Å²) >= 11 is 0. The Bertz CT molecular complexity index is 342. The summed E-state index contributed by atoms with van der Waals surface area (Å²) in [5, 5.41) is 0. The number of rotatable bonds is 3. The van der Waals surface area contributed by atoms with Crippen LogP contribution in [0.3, 0.4) is 0 Å². The summed E-state index contributed by atoms with van der Waals surface area (Å²) in [6.45, 7) is 9.32. The number of hydrogen-bond acceptors (Lipinski definition) is 2. The summed E-state index contributed by atoms with van der Waals surface area (Å²) in [4.78, 5) is 15.0. The van der Waals surface area contributed by atoms with Crippen molar-refractivity contribution in [3.63, 3.8) is 0 Å². The Morgan fingerprint density at radius 2 is 1.78 bits per heavy atom. The Balaban J connectivity index is 1.81. The van der Waals surface area contributed by atoms with Crippen molar-refractivity contribution in [2.24, 2.45) is 23.7 Å². The summed E-state index contributed by atoms with van der Waals surface area (Å²) < 4.78 is 5.84. The molecule has 1 aliphatic heterocycles. The number of hydrogen-bond donors (Lipinski definition) is 0.